The third-order valence-corrected chi connectivity index (χ3v) is 6.98. The molecule has 0 saturated carbocycles. The topological polar surface area (TPSA) is 72.0 Å². The second-order valence-corrected chi connectivity index (χ2v) is 9.68. The fourth-order valence-corrected chi connectivity index (χ4v) is 5.01. The van der Waals surface area contributed by atoms with E-state index in [0.29, 0.717) is 43.1 Å². The number of alkyl halides is 3. The molecular weight excluding hydrogens is 511 g/mol. The zero-order chi connectivity index (χ0) is 27.7. The van der Waals surface area contributed by atoms with E-state index in [4.69, 9.17) is 9.47 Å². The molecule has 5 rings (SSSR count). The summed E-state index contributed by atoms with van der Waals surface area (Å²) in [5.41, 5.74) is 1.91. The van der Waals surface area contributed by atoms with Gasteiger partial charge in [0.2, 0.25) is 0 Å². The Morgan fingerprint density at radius 2 is 1.64 bits per heavy atom. The molecule has 0 unspecified atom stereocenters. The van der Waals surface area contributed by atoms with Gasteiger partial charge < -0.3 is 19.3 Å². The van der Waals surface area contributed by atoms with Crippen molar-refractivity contribution in [2.75, 3.05) is 26.2 Å². The zero-order valence-electron chi connectivity index (χ0n) is 21.6. The summed E-state index contributed by atoms with van der Waals surface area (Å²) in [4.78, 5) is 34.6. The van der Waals surface area contributed by atoms with E-state index >= 15 is 0 Å². The number of nitrogens with zero attached hydrogens (tertiary/aromatic N) is 3. The molecule has 39 heavy (non-hydrogen) atoms. The molecule has 0 spiro atoms. The number of carbonyl (C=O) groups is 2. The molecule has 2 aromatic carbocycles. The molecule has 1 aromatic heterocycles. The number of morpholine rings is 1. The number of pyridine rings is 1. The van der Waals surface area contributed by atoms with Gasteiger partial charge in [-0.05, 0) is 74.0 Å². The Morgan fingerprint density at radius 3 is 2.28 bits per heavy atom. The maximum absolute atomic E-state index is 13.4. The second kappa shape index (κ2) is 10.7. The van der Waals surface area contributed by atoms with Crippen molar-refractivity contribution in [1.29, 1.82) is 0 Å². The van der Waals surface area contributed by atoms with Crippen molar-refractivity contribution in [2.45, 2.75) is 38.6 Å². The van der Waals surface area contributed by atoms with Crippen molar-refractivity contribution >= 4 is 11.8 Å². The van der Waals surface area contributed by atoms with Crippen LogP contribution in [0.2, 0.25) is 0 Å². The minimum Gasteiger partial charge on any atom is -0.457 e. The highest BCUT2D eigenvalue weighted by Gasteiger charge is 2.44. The molecule has 3 heterocycles. The zero-order valence-corrected chi connectivity index (χ0v) is 21.6. The Morgan fingerprint density at radius 1 is 0.974 bits per heavy atom. The summed E-state index contributed by atoms with van der Waals surface area (Å²) >= 11 is 0. The van der Waals surface area contributed by atoms with Gasteiger partial charge in [0.25, 0.3) is 11.8 Å². The van der Waals surface area contributed by atoms with Crippen LogP contribution in [0.4, 0.5) is 13.2 Å². The highest BCUT2D eigenvalue weighted by molar-refractivity contribution is 5.96. The summed E-state index contributed by atoms with van der Waals surface area (Å²) < 4.78 is 49.9. The van der Waals surface area contributed by atoms with Crippen LogP contribution in [0.5, 0.6) is 11.5 Å². The summed E-state index contributed by atoms with van der Waals surface area (Å²) in [6.45, 7) is 5.40. The third-order valence-electron chi connectivity index (χ3n) is 6.98. The number of amides is 2. The largest absolute Gasteiger partial charge is 0.457 e. The van der Waals surface area contributed by atoms with Gasteiger partial charge in [-0.2, -0.15) is 13.2 Å². The van der Waals surface area contributed by atoms with Crippen LogP contribution in [0, 0.1) is 6.92 Å². The average Bonchev–Trinajstić information content (AvgIpc) is 3.37. The van der Waals surface area contributed by atoms with Crippen molar-refractivity contribution in [3.8, 4) is 11.5 Å². The lowest BCUT2D eigenvalue weighted by Gasteiger charge is -2.36. The fourth-order valence-electron chi connectivity index (χ4n) is 5.01. The van der Waals surface area contributed by atoms with Crippen LogP contribution >= 0.6 is 0 Å². The van der Waals surface area contributed by atoms with E-state index in [1.807, 2.05) is 19.9 Å². The number of ether oxygens (including phenoxy) is 2. The predicted octanol–water partition coefficient (Wildman–Crippen LogP) is 5.13. The van der Waals surface area contributed by atoms with Crippen molar-refractivity contribution in [1.82, 2.24) is 14.8 Å². The number of carbonyl (C=O) groups excluding carboxylic acids is 2. The Labute approximate surface area is 224 Å². The van der Waals surface area contributed by atoms with Crippen LogP contribution in [0.25, 0.3) is 0 Å². The Hall–Kier alpha value is -3.92. The number of rotatable bonds is 5. The highest BCUT2D eigenvalue weighted by atomic mass is 19.4. The lowest BCUT2D eigenvalue weighted by molar-refractivity contribution is -0.137. The molecule has 2 atom stereocenters. The first-order chi connectivity index (χ1) is 18.6. The number of benzene rings is 2. The molecule has 204 valence electrons. The van der Waals surface area contributed by atoms with Gasteiger partial charge in [0.05, 0.1) is 24.3 Å². The molecule has 10 heteroatoms. The SMILES string of the molecule is CCc1cc(C(=O)N2C[C@H]3OCCN(C(=O)c4ccc(Oc5ccc(C(F)(F)F)cc5)cc4)[C@H]3C2)cc(C)n1. The molecule has 0 radical (unpaired) electrons. The first-order valence-electron chi connectivity index (χ1n) is 12.8. The van der Waals surface area contributed by atoms with Crippen LogP contribution in [0.3, 0.4) is 0 Å². The molecule has 2 fully saturated rings. The Bertz CT molecular complexity index is 1360. The Balaban J connectivity index is 1.25. The van der Waals surface area contributed by atoms with Crippen LogP contribution < -0.4 is 4.74 Å². The summed E-state index contributed by atoms with van der Waals surface area (Å²) in [6.07, 6.45) is -3.96. The molecule has 7 nitrogen and oxygen atoms in total. The number of hydrogen-bond acceptors (Lipinski definition) is 5. The van der Waals surface area contributed by atoms with Crippen molar-refractivity contribution < 1.29 is 32.2 Å². The molecule has 0 bridgehead atoms. The van der Waals surface area contributed by atoms with Gasteiger partial charge in [0.1, 0.15) is 11.5 Å². The van der Waals surface area contributed by atoms with Gasteiger partial charge in [-0.3, -0.25) is 14.6 Å². The quantitative estimate of drug-likeness (QED) is 0.450. The monoisotopic (exact) mass is 539 g/mol. The first kappa shape index (κ1) is 26.7. The van der Waals surface area contributed by atoms with Gasteiger partial charge in [-0.15, -0.1) is 0 Å². The number of halogens is 3. The van der Waals surface area contributed by atoms with E-state index in [2.05, 4.69) is 4.98 Å². The number of likely N-dealkylation sites (tertiary alicyclic amines) is 1. The molecule has 0 aliphatic carbocycles. The van der Waals surface area contributed by atoms with Crippen LogP contribution in [0.1, 0.15) is 44.6 Å². The average molecular weight is 540 g/mol. The van der Waals surface area contributed by atoms with E-state index in [1.165, 1.54) is 12.1 Å². The molecule has 2 aliphatic heterocycles. The number of fused-ring (bicyclic) bond motifs is 1. The van der Waals surface area contributed by atoms with Gasteiger partial charge in [0.15, 0.2) is 0 Å². The summed E-state index contributed by atoms with van der Waals surface area (Å²) in [5, 5.41) is 0. The van der Waals surface area contributed by atoms with Gasteiger partial charge in [-0.25, -0.2) is 0 Å². The molecule has 2 aliphatic rings. The molecule has 2 amide bonds. The standard InChI is InChI=1S/C29H28F3N3O4/c1-3-22-15-20(14-18(2)33-22)27(36)34-16-25-26(17-34)38-13-12-35(25)28(37)19-4-8-23(9-5-19)39-24-10-6-21(7-11-24)29(30,31)32/h4-11,14-15,25-26H,3,12-13,16-17H2,1-2H3/t25-,26+/m0/s1. The number of aryl methyl sites for hydroxylation is 2. The van der Waals surface area contributed by atoms with E-state index < -0.39 is 11.7 Å². The summed E-state index contributed by atoms with van der Waals surface area (Å²) in [7, 11) is 0. The van der Waals surface area contributed by atoms with Crippen molar-refractivity contribution in [3.63, 3.8) is 0 Å². The minimum absolute atomic E-state index is 0.106. The smallest absolute Gasteiger partial charge is 0.416 e. The van der Waals surface area contributed by atoms with E-state index in [-0.39, 0.29) is 29.7 Å². The summed E-state index contributed by atoms with van der Waals surface area (Å²) in [5.74, 6) is 0.356. The fraction of sp³-hybridized carbons (Fsp3) is 0.345. The second-order valence-electron chi connectivity index (χ2n) is 9.68. The maximum Gasteiger partial charge on any atom is 0.416 e. The van der Waals surface area contributed by atoms with Gasteiger partial charge in [0, 0.05) is 42.1 Å². The van der Waals surface area contributed by atoms with E-state index in [1.54, 1.807) is 40.1 Å². The number of hydrogen-bond donors (Lipinski definition) is 0. The van der Waals surface area contributed by atoms with E-state index in [9.17, 15) is 22.8 Å². The lowest BCUT2D eigenvalue weighted by Crippen LogP contribution is -2.53. The van der Waals surface area contributed by atoms with Gasteiger partial charge in [-0.1, -0.05) is 6.92 Å². The normalized spacial score (nSPS) is 19.1. The maximum atomic E-state index is 13.4. The predicted molar refractivity (Wildman–Crippen MR) is 137 cm³/mol. The van der Waals surface area contributed by atoms with Gasteiger partial charge >= 0.3 is 6.18 Å². The first-order valence-corrected chi connectivity index (χ1v) is 12.8. The van der Waals surface area contributed by atoms with E-state index in [0.717, 1.165) is 29.9 Å². The minimum atomic E-state index is -4.42. The van der Waals surface area contributed by atoms with Crippen molar-refractivity contribution in [2.24, 2.45) is 0 Å². The van der Waals surface area contributed by atoms with Crippen LogP contribution in [-0.2, 0) is 17.3 Å². The van der Waals surface area contributed by atoms with Crippen molar-refractivity contribution in [3.05, 3.63) is 88.7 Å². The van der Waals surface area contributed by atoms with Crippen LogP contribution in [0.15, 0.2) is 60.7 Å². The molecule has 0 N–H and O–H groups in total. The molecular formula is C29H28F3N3O4. The van der Waals surface area contributed by atoms with Crippen LogP contribution in [-0.4, -0.2) is 65.0 Å². The highest BCUT2D eigenvalue weighted by Crippen LogP contribution is 2.32. The molecule has 3 aromatic rings. The molecule has 2 saturated heterocycles. The summed E-state index contributed by atoms with van der Waals surface area (Å²) in [6, 6.07) is 14.2. The third kappa shape index (κ3) is 5.75. The number of aromatic nitrogens is 1. The Kier molecular flexibility index (Phi) is 7.31. The lowest BCUT2D eigenvalue weighted by atomic mass is 10.1.